The first-order valence-corrected chi connectivity index (χ1v) is 6.47. The number of aromatic nitrogens is 1. The van der Waals surface area contributed by atoms with E-state index in [1.165, 1.54) is 0 Å². The third-order valence-corrected chi connectivity index (χ3v) is 2.79. The van der Waals surface area contributed by atoms with Gasteiger partial charge in [0.25, 0.3) is 5.91 Å². The number of benzene rings is 1. The summed E-state index contributed by atoms with van der Waals surface area (Å²) in [6.07, 6.45) is 1.72. The SMILES string of the molecule is CC(C)N=c1ccccn1C(=O)c1ccc(Cl)cc1. The Bertz CT molecular complexity index is 642. The summed E-state index contributed by atoms with van der Waals surface area (Å²) in [6.45, 7) is 3.95. The molecule has 1 aromatic carbocycles. The lowest BCUT2D eigenvalue weighted by molar-refractivity contribution is 0.0954. The number of hydrogen-bond acceptors (Lipinski definition) is 2. The van der Waals surface area contributed by atoms with Crippen LogP contribution in [0.15, 0.2) is 53.7 Å². The summed E-state index contributed by atoms with van der Waals surface area (Å²) in [5.74, 6) is -0.114. The third-order valence-electron chi connectivity index (χ3n) is 2.54. The Morgan fingerprint density at radius 1 is 1.16 bits per heavy atom. The van der Waals surface area contributed by atoms with Gasteiger partial charge in [-0.1, -0.05) is 17.7 Å². The van der Waals surface area contributed by atoms with Crippen LogP contribution in [0.1, 0.15) is 24.2 Å². The van der Waals surface area contributed by atoms with Gasteiger partial charge in [-0.3, -0.25) is 14.4 Å². The van der Waals surface area contributed by atoms with Crippen LogP contribution in [0.5, 0.6) is 0 Å². The van der Waals surface area contributed by atoms with E-state index < -0.39 is 0 Å². The Kier molecular flexibility index (Phi) is 4.17. The Labute approximate surface area is 117 Å². The molecule has 0 spiro atoms. The van der Waals surface area contributed by atoms with Crippen LogP contribution in [-0.2, 0) is 0 Å². The van der Waals surface area contributed by atoms with Gasteiger partial charge < -0.3 is 0 Å². The van der Waals surface area contributed by atoms with Crippen molar-refractivity contribution in [2.45, 2.75) is 19.9 Å². The summed E-state index contributed by atoms with van der Waals surface area (Å²) in [4.78, 5) is 16.9. The van der Waals surface area contributed by atoms with Gasteiger partial charge in [-0.05, 0) is 50.2 Å². The molecule has 0 fully saturated rings. The van der Waals surface area contributed by atoms with Gasteiger partial charge in [0.2, 0.25) is 0 Å². The standard InChI is InChI=1S/C15H15ClN2O/c1-11(2)17-14-5-3-4-10-18(14)15(19)12-6-8-13(16)9-7-12/h3-11H,1-2H3. The molecular weight excluding hydrogens is 260 g/mol. The molecule has 0 aliphatic rings. The zero-order valence-electron chi connectivity index (χ0n) is 10.9. The smallest absolute Gasteiger partial charge is 0.263 e. The largest absolute Gasteiger partial charge is 0.268 e. The maximum atomic E-state index is 12.4. The average molecular weight is 275 g/mol. The lowest BCUT2D eigenvalue weighted by atomic mass is 10.2. The van der Waals surface area contributed by atoms with Gasteiger partial charge in [0.1, 0.15) is 5.49 Å². The summed E-state index contributed by atoms with van der Waals surface area (Å²) in [6, 6.07) is 12.5. The fourth-order valence-electron chi connectivity index (χ4n) is 1.71. The van der Waals surface area contributed by atoms with Gasteiger partial charge in [0, 0.05) is 22.8 Å². The van der Waals surface area contributed by atoms with E-state index in [1.54, 1.807) is 35.0 Å². The van der Waals surface area contributed by atoms with Crippen molar-refractivity contribution < 1.29 is 4.79 Å². The average Bonchev–Trinajstić information content (AvgIpc) is 2.39. The molecule has 0 amide bonds. The summed E-state index contributed by atoms with van der Waals surface area (Å²) in [5.41, 5.74) is 1.23. The van der Waals surface area contributed by atoms with E-state index in [4.69, 9.17) is 11.6 Å². The molecule has 0 unspecified atom stereocenters. The summed E-state index contributed by atoms with van der Waals surface area (Å²) in [5, 5.41) is 0.613. The van der Waals surface area contributed by atoms with E-state index >= 15 is 0 Å². The van der Waals surface area contributed by atoms with Crippen LogP contribution in [-0.4, -0.2) is 16.5 Å². The van der Waals surface area contributed by atoms with Crippen molar-refractivity contribution >= 4 is 17.5 Å². The molecule has 1 heterocycles. The number of nitrogens with zero attached hydrogens (tertiary/aromatic N) is 2. The van der Waals surface area contributed by atoms with Crippen molar-refractivity contribution in [3.05, 3.63) is 64.7 Å². The van der Waals surface area contributed by atoms with Crippen LogP contribution in [0, 0.1) is 0 Å². The highest BCUT2D eigenvalue weighted by molar-refractivity contribution is 6.30. The monoisotopic (exact) mass is 274 g/mol. The second-order valence-electron chi connectivity index (χ2n) is 4.46. The maximum absolute atomic E-state index is 12.4. The zero-order chi connectivity index (χ0) is 13.8. The highest BCUT2D eigenvalue weighted by atomic mass is 35.5. The second-order valence-corrected chi connectivity index (χ2v) is 4.90. The van der Waals surface area contributed by atoms with Crippen LogP contribution in [0.25, 0.3) is 0 Å². The molecule has 98 valence electrons. The van der Waals surface area contributed by atoms with Gasteiger partial charge in [0.15, 0.2) is 0 Å². The van der Waals surface area contributed by atoms with Crippen LogP contribution >= 0.6 is 11.6 Å². The third kappa shape index (κ3) is 3.32. The summed E-state index contributed by atoms with van der Waals surface area (Å²) in [7, 11) is 0. The molecule has 0 aliphatic carbocycles. The summed E-state index contributed by atoms with van der Waals surface area (Å²) >= 11 is 5.83. The first-order valence-electron chi connectivity index (χ1n) is 6.10. The Hall–Kier alpha value is -1.87. The van der Waals surface area contributed by atoms with E-state index in [0.717, 1.165) is 0 Å². The lowest BCUT2D eigenvalue weighted by Gasteiger charge is -2.07. The van der Waals surface area contributed by atoms with Crippen LogP contribution < -0.4 is 5.49 Å². The molecule has 3 nitrogen and oxygen atoms in total. The van der Waals surface area contributed by atoms with Gasteiger partial charge in [-0.15, -0.1) is 0 Å². The number of carbonyl (C=O) groups is 1. The van der Waals surface area contributed by atoms with Gasteiger partial charge >= 0.3 is 0 Å². The van der Waals surface area contributed by atoms with Crippen molar-refractivity contribution in [1.29, 1.82) is 0 Å². The molecule has 4 heteroatoms. The van der Waals surface area contributed by atoms with Crippen molar-refractivity contribution in [1.82, 2.24) is 4.57 Å². The predicted molar refractivity (Wildman–Crippen MR) is 76.3 cm³/mol. The second kappa shape index (κ2) is 5.85. The van der Waals surface area contributed by atoms with Crippen LogP contribution in [0.3, 0.4) is 0 Å². The molecule has 0 radical (unpaired) electrons. The number of rotatable bonds is 2. The van der Waals surface area contributed by atoms with E-state index in [-0.39, 0.29) is 11.9 Å². The van der Waals surface area contributed by atoms with Crippen molar-refractivity contribution in [2.24, 2.45) is 4.99 Å². The highest BCUT2D eigenvalue weighted by Crippen LogP contribution is 2.10. The van der Waals surface area contributed by atoms with Crippen LogP contribution in [0.2, 0.25) is 5.02 Å². The van der Waals surface area contributed by atoms with Crippen molar-refractivity contribution in [3.63, 3.8) is 0 Å². The predicted octanol–water partition coefficient (Wildman–Crippen LogP) is 3.14. The zero-order valence-corrected chi connectivity index (χ0v) is 11.6. The molecule has 0 bridgehead atoms. The molecular formula is C15H15ClN2O. The van der Waals surface area contributed by atoms with E-state index in [0.29, 0.717) is 16.1 Å². The summed E-state index contributed by atoms with van der Waals surface area (Å²) < 4.78 is 1.54. The minimum absolute atomic E-state index is 0.114. The fourth-order valence-corrected chi connectivity index (χ4v) is 1.83. The highest BCUT2D eigenvalue weighted by Gasteiger charge is 2.08. The van der Waals surface area contributed by atoms with Gasteiger partial charge in [-0.2, -0.15) is 0 Å². The quantitative estimate of drug-likeness (QED) is 0.828. The molecule has 0 N–H and O–H groups in total. The normalized spacial score (nSPS) is 11.9. The Balaban J connectivity index is 2.48. The van der Waals surface area contributed by atoms with Gasteiger partial charge in [0.05, 0.1) is 0 Å². The molecule has 0 aliphatic heterocycles. The Morgan fingerprint density at radius 2 is 1.84 bits per heavy atom. The topological polar surface area (TPSA) is 34.4 Å². The van der Waals surface area contributed by atoms with E-state index in [2.05, 4.69) is 4.99 Å². The molecule has 0 saturated carbocycles. The number of hydrogen-bond donors (Lipinski definition) is 0. The molecule has 2 aromatic rings. The minimum Gasteiger partial charge on any atom is -0.268 e. The van der Waals surface area contributed by atoms with E-state index in [1.807, 2.05) is 32.0 Å². The number of pyridine rings is 1. The van der Waals surface area contributed by atoms with Crippen LogP contribution in [0.4, 0.5) is 0 Å². The molecule has 2 rings (SSSR count). The molecule has 0 atom stereocenters. The molecule has 1 aromatic heterocycles. The minimum atomic E-state index is -0.114. The lowest BCUT2D eigenvalue weighted by Crippen LogP contribution is -2.28. The Morgan fingerprint density at radius 3 is 2.47 bits per heavy atom. The number of halogens is 1. The van der Waals surface area contributed by atoms with E-state index in [9.17, 15) is 4.79 Å². The molecule has 0 saturated heterocycles. The van der Waals surface area contributed by atoms with Crippen molar-refractivity contribution in [3.8, 4) is 0 Å². The van der Waals surface area contributed by atoms with Gasteiger partial charge in [-0.25, -0.2) is 0 Å². The molecule has 19 heavy (non-hydrogen) atoms. The maximum Gasteiger partial charge on any atom is 0.263 e. The first kappa shape index (κ1) is 13.6. The number of carbonyl (C=O) groups excluding carboxylic acids is 1. The van der Waals surface area contributed by atoms with Crippen molar-refractivity contribution in [2.75, 3.05) is 0 Å². The fraction of sp³-hybridized carbons (Fsp3) is 0.200. The first-order chi connectivity index (χ1) is 9.08.